The molecule has 32 heavy (non-hydrogen) atoms. The van der Waals surface area contributed by atoms with Crippen molar-refractivity contribution >= 4 is 17.4 Å². The van der Waals surface area contributed by atoms with Gasteiger partial charge < -0.3 is 23.8 Å². The Kier molecular flexibility index (Phi) is 5.45. The van der Waals surface area contributed by atoms with Crippen molar-refractivity contribution in [1.29, 1.82) is 0 Å². The lowest BCUT2D eigenvalue weighted by Crippen LogP contribution is -2.40. The normalized spacial score (nSPS) is 18.0. The van der Waals surface area contributed by atoms with Gasteiger partial charge in [0.15, 0.2) is 11.5 Å². The molecule has 0 aromatic heterocycles. The molecule has 166 valence electrons. The first-order chi connectivity index (χ1) is 15.7. The fourth-order valence-corrected chi connectivity index (χ4v) is 4.15. The van der Waals surface area contributed by atoms with Crippen molar-refractivity contribution in [3.05, 3.63) is 59.3 Å². The molecule has 3 aliphatic rings. The number of rotatable bonds is 6. The van der Waals surface area contributed by atoms with Crippen molar-refractivity contribution in [2.75, 3.05) is 39.7 Å². The van der Waals surface area contributed by atoms with E-state index in [1.54, 1.807) is 6.07 Å². The van der Waals surface area contributed by atoms with E-state index in [1.165, 1.54) is 4.90 Å². The zero-order valence-corrected chi connectivity index (χ0v) is 17.8. The number of benzene rings is 2. The molecule has 2 aromatic rings. The number of morpholine rings is 1. The van der Waals surface area contributed by atoms with Gasteiger partial charge in [-0.1, -0.05) is 18.2 Å². The molecule has 0 aliphatic carbocycles. The zero-order chi connectivity index (χ0) is 22.1. The maximum Gasteiger partial charge on any atom is 0.278 e. The smallest absolute Gasteiger partial charge is 0.278 e. The number of carbonyl (C=O) groups is 2. The minimum atomic E-state index is -0.307. The summed E-state index contributed by atoms with van der Waals surface area (Å²) in [5.74, 6) is 1.40. The van der Waals surface area contributed by atoms with Crippen LogP contribution in [0.2, 0.25) is 0 Å². The predicted octanol–water partition coefficient (Wildman–Crippen LogP) is 2.43. The summed E-state index contributed by atoms with van der Waals surface area (Å²) < 4.78 is 21.8. The van der Waals surface area contributed by atoms with E-state index in [0.29, 0.717) is 61.2 Å². The van der Waals surface area contributed by atoms with Crippen molar-refractivity contribution in [2.24, 2.45) is 0 Å². The van der Waals surface area contributed by atoms with Gasteiger partial charge in [0.25, 0.3) is 11.8 Å². The molecule has 0 spiro atoms. The van der Waals surface area contributed by atoms with Crippen LogP contribution < -0.4 is 14.2 Å². The van der Waals surface area contributed by atoms with E-state index >= 15 is 0 Å². The molecular weight excluding hydrogens is 412 g/mol. The third-order valence-corrected chi connectivity index (χ3v) is 5.70. The summed E-state index contributed by atoms with van der Waals surface area (Å²) in [7, 11) is 0. The Morgan fingerprint density at radius 1 is 0.938 bits per heavy atom. The lowest BCUT2D eigenvalue weighted by Gasteiger charge is -2.29. The topological polar surface area (TPSA) is 77.5 Å². The zero-order valence-electron chi connectivity index (χ0n) is 17.8. The van der Waals surface area contributed by atoms with E-state index in [4.69, 9.17) is 18.9 Å². The highest BCUT2D eigenvalue weighted by atomic mass is 16.7. The highest BCUT2D eigenvalue weighted by molar-refractivity contribution is 6.35. The Hall–Kier alpha value is -3.52. The summed E-state index contributed by atoms with van der Waals surface area (Å²) >= 11 is 0. The SMILES string of the molecule is CCOc1ccc(C2=C(N3CCOCC3)C(=O)N(Cc3ccc4c(c3)OCO4)C2=O)cc1. The first-order valence-corrected chi connectivity index (χ1v) is 10.7. The number of ether oxygens (including phenoxy) is 4. The van der Waals surface area contributed by atoms with Crippen LogP contribution in [-0.4, -0.2) is 61.3 Å². The highest BCUT2D eigenvalue weighted by Gasteiger charge is 2.42. The van der Waals surface area contributed by atoms with Gasteiger partial charge in [-0.2, -0.15) is 0 Å². The largest absolute Gasteiger partial charge is 0.494 e. The average molecular weight is 436 g/mol. The number of carbonyl (C=O) groups excluding carboxylic acids is 2. The van der Waals surface area contributed by atoms with E-state index in [-0.39, 0.29) is 25.2 Å². The van der Waals surface area contributed by atoms with Crippen LogP contribution in [0.25, 0.3) is 5.57 Å². The number of amides is 2. The molecule has 0 atom stereocenters. The molecule has 0 radical (unpaired) electrons. The first kappa shape index (κ1) is 20.4. The highest BCUT2D eigenvalue weighted by Crippen LogP contribution is 2.36. The van der Waals surface area contributed by atoms with Crippen LogP contribution in [0, 0.1) is 0 Å². The van der Waals surface area contributed by atoms with Crippen LogP contribution in [0.15, 0.2) is 48.2 Å². The van der Waals surface area contributed by atoms with Gasteiger partial charge in [0.05, 0.1) is 31.9 Å². The Labute approximate surface area is 185 Å². The van der Waals surface area contributed by atoms with Crippen LogP contribution in [0.4, 0.5) is 0 Å². The molecule has 2 amide bonds. The summed E-state index contributed by atoms with van der Waals surface area (Å²) in [5.41, 5.74) is 2.34. The molecule has 3 heterocycles. The average Bonchev–Trinajstić information content (AvgIpc) is 3.38. The first-order valence-electron chi connectivity index (χ1n) is 10.7. The summed E-state index contributed by atoms with van der Waals surface area (Å²) in [5, 5.41) is 0. The quantitative estimate of drug-likeness (QED) is 0.644. The van der Waals surface area contributed by atoms with Gasteiger partial charge in [-0.3, -0.25) is 14.5 Å². The van der Waals surface area contributed by atoms with E-state index in [9.17, 15) is 9.59 Å². The third-order valence-electron chi connectivity index (χ3n) is 5.70. The summed E-state index contributed by atoms with van der Waals surface area (Å²) in [6, 6.07) is 12.8. The van der Waals surface area contributed by atoms with Crippen LogP contribution >= 0.6 is 0 Å². The molecule has 0 unspecified atom stereocenters. The summed E-state index contributed by atoms with van der Waals surface area (Å²) in [6.45, 7) is 4.96. The fraction of sp³-hybridized carbons (Fsp3) is 0.333. The van der Waals surface area contributed by atoms with Crippen molar-refractivity contribution < 1.29 is 28.5 Å². The lowest BCUT2D eigenvalue weighted by atomic mass is 10.0. The number of imide groups is 1. The summed E-state index contributed by atoms with van der Waals surface area (Å²) in [6.07, 6.45) is 0. The maximum absolute atomic E-state index is 13.5. The molecular formula is C24H24N2O6. The van der Waals surface area contributed by atoms with Crippen LogP contribution in [-0.2, 0) is 20.9 Å². The minimum Gasteiger partial charge on any atom is -0.494 e. The molecule has 2 aromatic carbocycles. The molecule has 1 fully saturated rings. The predicted molar refractivity (Wildman–Crippen MR) is 115 cm³/mol. The third kappa shape index (κ3) is 3.67. The standard InChI is InChI=1S/C24H24N2O6/c1-2-30-18-6-4-17(5-7-18)21-22(25-9-11-29-12-10-25)24(28)26(23(21)27)14-16-3-8-19-20(13-16)32-15-31-19/h3-8,13H,2,9-12,14-15H2,1H3. The van der Waals surface area contributed by atoms with E-state index in [1.807, 2.05) is 48.2 Å². The van der Waals surface area contributed by atoms with Crippen molar-refractivity contribution in [1.82, 2.24) is 9.80 Å². The van der Waals surface area contributed by atoms with Crippen molar-refractivity contribution in [2.45, 2.75) is 13.5 Å². The van der Waals surface area contributed by atoms with E-state index in [2.05, 4.69) is 0 Å². The lowest BCUT2D eigenvalue weighted by molar-refractivity contribution is -0.138. The Morgan fingerprint density at radius 2 is 1.69 bits per heavy atom. The van der Waals surface area contributed by atoms with Crippen LogP contribution in [0.5, 0.6) is 17.2 Å². The second-order valence-electron chi connectivity index (χ2n) is 7.66. The second kappa shape index (κ2) is 8.55. The molecule has 5 rings (SSSR count). The molecule has 0 N–H and O–H groups in total. The van der Waals surface area contributed by atoms with Crippen LogP contribution in [0.3, 0.4) is 0 Å². The number of hydrogen-bond donors (Lipinski definition) is 0. The Balaban J connectivity index is 1.48. The fourth-order valence-electron chi connectivity index (χ4n) is 4.15. The maximum atomic E-state index is 13.5. The molecule has 3 aliphatic heterocycles. The van der Waals surface area contributed by atoms with Crippen molar-refractivity contribution in [3.8, 4) is 17.2 Å². The molecule has 0 bridgehead atoms. The van der Waals surface area contributed by atoms with Gasteiger partial charge in [-0.25, -0.2) is 0 Å². The number of hydrogen-bond acceptors (Lipinski definition) is 7. The second-order valence-corrected chi connectivity index (χ2v) is 7.66. The number of nitrogens with zero attached hydrogens (tertiary/aromatic N) is 2. The summed E-state index contributed by atoms with van der Waals surface area (Å²) in [4.78, 5) is 30.3. The van der Waals surface area contributed by atoms with Crippen molar-refractivity contribution in [3.63, 3.8) is 0 Å². The van der Waals surface area contributed by atoms with Gasteiger partial charge in [-0.05, 0) is 42.3 Å². The minimum absolute atomic E-state index is 0.155. The molecule has 8 nitrogen and oxygen atoms in total. The van der Waals surface area contributed by atoms with Gasteiger partial charge in [0, 0.05) is 13.1 Å². The monoisotopic (exact) mass is 436 g/mol. The van der Waals surface area contributed by atoms with Gasteiger partial charge in [0.2, 0.25) is 6.79 Å². The number of fused-ring (bicyclic) bond motifs is 1. The van der Waals surface area contributed by atoms with Gasteiger partial charge in [0.1, 0.15) is 11.4 Å². The van der Waals surface area contributed by atoms with Gasteiger partial charge in [-0.15, -0.1) is 0 Å². The molecule has 8 heteroatoms. The Bertz CT molecular complexity index is 1070. The van der Waals surface area contributed by atoms with Gasteiger partial charge >= 0.3 is 0 Å². The van der Waals surface area contributed by atoms with E-state index in [0.717, 1.165) is 11.3 Å². The Morgan fingerprint density at radius 3 is 2.44 bits per heavy atom. The molecule has 0 saturated carbocycles. The van der Waals surface area contributed by atoms with E-state index < -0.39 is 0 Å². The van der Waals surface area contributed by atoms with Crippen LogP contribution in [0.1, 0.15) is 18.1 Å². The molecule has 1 saturated heterocycles.